The van der Waals surface area contributed by atoms with Gasteiger partial charge >= 0.3 is 0 Å². The van der Waals surface area contributed by atoms with Crippen LogP contribution in [0.2, 0.25) is 5.02 Å². The molecule has 0 unspecified atom stereocenters. The Bertz CT molecular complexity index is 891. The van der Waals surface area contributed by atoms with E-state index in [2.05, 4.69) is 32.1 Å². The summed E-state index contributed by atoms with van der Waals surface area (Å²) in [6.45, 7) is 4.34. The number of piperazine rings is 1. The molecule has 1 aromatic heterocycles. The Morgan fingerprint density at radius 2 is 1.81 bits per heavy atom. The molecule has 0 radical (unpaired) electrons. The molecule has 0 bridgehead atoms. The molecule has 1 aliphatic heterocycles. The molecule has 0 spiro atoms. The Hall–Kier alpha value is -2.44. The predicted octanol–water partition coefficient (Wildman–Crippen LogP) is 3.78. The van der Waals surface area contributed by atoms with Gasteiger partial charge in [0.1, 0.15) is 5.82 Å². The van der Waals surface area contributed by atoms with E-state index < -0.39 is 0 Å². The van der Waals surface area contributed by atoms with E-state index in [1.54, 1.807) is 6.07 Å². The maximum atomic E-state index is 13.3. The van der Waals surface area contributed by atoms with Gasteiger partial charge in [-0.1, -0.05) is 28.9 Å². The van der Waals surface area contributed by atoms with Gasteiger partial charge in [-0.2, -0.15) is 4.98 Å². The maximum absolute atomic E-state index is 13.3. The number of anilines is 1. The van der Waals surface area contributed by atoms with Crippen LogP contribution < -0.4 is 4.90 Å². The molecule has 0 aliphatic carbocycles. The first-order chi connectivity index (χ1) is 13.2. The molecular formula is C20H20ClFN4O. The second kappa shape index (κ2) is 8.06. The van der Waals surface area contributed by atoms with Crippen LogP contribution in [-0.4, -0.2) is 41.2 Å². The molecule has 2 aromatic carbocycles. The van der Waals surface area contributed by atoms with Crippen molar-refractivity contribution in [3.05, 3.63) is 76.6 Å². The number of hydrogen-bond donors (Lipinski definition) is 0. The van der Waals surface area contributed by atoms with Crippen LogP contribution in [-0.2, 0) is 13.0 Å². The summed E-state index contributed by atoms with van der Waals surface area (Å²) in [6, 6.07) is 14.4. The highest BCUT2D eigenvalue weighted by Gasteiger charge is 2.19. The lowest BCUT2D eigenvalue weighted by molar-refractivity contribution is 0.215. The zero-order valence-corrected chi connectivity index (χ0v) is 15.6. The van der Waals surface area contributed by atoms with Gasteiger partial charge < -0.3 is 9.42 Å². The molecule has 5 nitrogen and oxygen atoms in total. The molecule has 140 valence electrons. The topological polar surface area (TPSA) is 45.4 Å². The highest BCUT2D eigenvalue weighted by molar-refractivity contribution is 6.30. The van der Waals surface area contributed by atoms with Crippen LogP contribution in [0.3, 0.4) is 0 Å². The van der Waals surface area contributed by atoms with Gasteiger partial charge in [-0.05, 0) is 42.0 Å². The van der Waals surface area contributed by atoms with Crippen LogP contribution in [0.5, 0.6) is 0 Å². The van der Waals surface area contributed by atoms with E-state index in [0.717, 1.165) is 36.8 Å². The van der Waals surface area contributed by atoms with Crippen molar-refractivity contribution in [2.45, 2.75) is 13.0 Å². The Morgan fingerprint density at radius 1 is 1.04 bits per heavy atom. The Labute approximate surface area is 162 Å². The predicted molar refractivity (Wildman–Crippen MR) is 102 cm³/mol. The number of nitrogens with zero attached hydrogens (tertiary/aromatic N) is 4. The third kappa shape index (κ3) is 4.64. The monoisotopic (exact) mass is 386 g/mol. The summed E-state index contributed by atoms with van der Waals surface area (Å²) in [7, 11) is 0. The lowest BCUT2D eigenvalue weighted by Gasteiger charge is -2.35. The normalized spacial score (nSPS) is 15.3. The van der Waals surface area contributed by atoms with Gasteiger partial charge in [0.15, 0.2) is 5.82 Å². The van der Waals surface area contributed by atoms with E-state index in [0.29, 0.717) is 24.7 Å². The van der Waals surface area contributed by atoms with Crippen molar-refractivity contribution in [3.63, 3.8) is 0 Å². The molecular weight excluding hydrogens is 367 g/mol. The third-order valence-corrected chi connectivity index (χ3v) is 4.94. The van der Waals surface area contributed by atoms with Crippen LogP contribution in [0, 0.1) is 5.82 Å². The van der Waals surface area contributed by atoms with E-state index in [1.165, 1.54) is 17.8 Å². The quantitative estimate of drug-likeness (QED) is 0.667. The molecule has 1 fully saturated rings. The number of hydrogen-bond acceptors (Lipinski definition) is 5. The molecule has 0 atom stereocenters. The van der Waals surface area contributed by atoms with Crippen LogP contribution in [0.1, 0.15) is 17.3 Å². The fourth-order valence-electron chi connectivity index (χ4n) is 3.26. The zero-order chi connectivity index (χ0) is 18.6. The van der Waals surface area contributed by atoms with Gasteiger partial charge in [0.25, 0.3) is 0 Å². The summed E-state index contributed by atoms with van der Waals surface area (Å²) in [5.74, 6) is 0.923. The van der Waals surface area contributed by atoms with Crippen LogP contribution in [0.4, 0.5) is 10.1 Å². The lowest BCUT2D eigenvalue weighted by atomic mass is 10.1. The number of aromatic nitrogens is 2. The summed E-state index contributed by atoms with van der Waals surface area (Å²) >= 11 is 5.96. The molecule has 1 saturated heterocycles. The third-order valence-electron chi connectivity index (χ3n) is 4.68. The second-order valence-electron chi connectivity index (χ2n) is 6.65. The zero-order valence-electron chi connectivity index (χ0n) is 14.8. The highest BCUT2D eigenvalue weighted by atomic mass is 35.5. The lowest BCUT2D eigenvalue weighted by Crippen LogP contribution is -2.46. The summed E-state index contributed by atoms with van der Waals surface area (Å²) in [5, 5.41) is 4.77. The Kier molecular flexibility index (Phi) is 5.36. The first kappa shape index (κ1) is 17.9. The van der Waals surface area contributed by atoms with Gasteiger partial charge in [-0.3, -0.25) is 4.90 Å². The van der Waals surface area contributed by atoms with E-state index >= 15 is 0 Å². The largest absolute Gasteiger partial charge is 0.369 e. The smallest absolute Gasteiger partial charge is 0.240 e. The summed E-state index contributed by atoms with van der Waals surface area (Å²) in [4.78, 5) is 9.09. The van der Waals surface area contributed by atoms with Gasteiger partial charge in [0.2, 0.25) is 5.89 Å². The van der Waals surface area contributed by atoms with Gasteiger partial charge in [0.05, 0.1) is 6.54 Å². The fraction of sp³-hybridized carbons (Fsp3) is 0.300. The average Bonchev–Trinajstić information content (AvgIpc) is 3.10. The van der Waals surface area contributed by atoms with E-state index in [9.17, 15) is 4.39 Å². The SMILES string of the molecule is Fc1cccc(Cc2noc(CN3CCN(c4ccc(Cl)cc4)CC3)n2)c1. The van der Waals surface area contributed by atoms with Crippen molar-refractivity contribution < 1.29 is 8.91 Å². The molecule has 1 aliphatic rings. The molecule has 7 heteroatoms. The summed E-state index contributed by atoms with van der Waals surface area (Å²) in [6.07, 6.45) is 0.464. The molecule has 2 heterocycles. The summed E-state index contributed by atoms with van der Waals surface area (Å²) < 4.78 is 18.6. The maximum Gasteiger partial charge on any atom is 0.240 e. The minimum atomic E-state index is -0.255. The van der Waals surface area contributed by atoms with Crippen molar-refractivity contribution in [1.82, 2.24) is 15.0 Å². The minimum absolute atomic E-state index is 0.255. The number of benzene rings is 2. The van der Waals surface area contributed by atoms with Crippen molar-refractivity contribution >= 4 is 17.3 Å². The first-order valence-electron chi connectivity index (χ1n) is 8.94. The van der Waals surface area contributed by atoms with Gasteiger partial charge in [-0.25, -0.2) is 4.39 Å². The molecule has 0 N–H and O–H groups in total. The van der Waals surface area contributed by atoms with Crippen molar-refractivity contribution in [1.29, 1.82) is 0 Å². The van der Waals surface area contributed by atoms with Crippen LogP contribution in [0.15, 0.2) is 53.1 Å². The number of halogens is 2. The van der Waals surface area contributed by atoms with Crippen LogP contribution >= 0.6 is 11.6 Å². The van der Waals surface area contributed by atoms with Gasteiger partial charge in [0, 0.05) is 43.3 Å². The van der Waals surface area contributed by atoms with Crippen molar-refractivity contribution in [3.8, 4) is 0 Å². The van der Waals surface area contributed by atoms with Crippen LogP contribution in [0.25, 0.3) is 0 Å². The van der Waals surface area contributed by atoms with Gasteiger partial charge in [-0.15, -0.1) is 0 Å². The molecule has 0 saturated carbocycles. The standard InChI is InChI=1S/C20H20ClFN4O/c21-16-4-6-18(7-5-16)26-10-8-25(9-11-26)14-20-23-19(24-27-20)13-15-2-1-3-17(22)12-15/h1-7,12H,8-11,13-14H2. The fourth-order valence-corrected chi connectivity index (χ4v) is 3.39. The molecule has 0 amide bonds. The van der Waals surface area contributed by atoms with E-state index in [-0.39, 0.29) is 5.82 Å². The van der Waals surface area contributed by atoms with E-state index in [4.69, 9.17) is 16.1 Å². The van der Waals surface area contributed by atoms with E-state index in [1.807, 2.05) is 18.2 Å². The number of rotatable bonds is 5. The van der Waals surface area contributed by atoms with Crippen molar-refractivity contribution in [2.24, 2.45) is 0 Å². The molecule has 27 heavy (non-hydrogen) atoms. The highest BCUT2D eigenvalue weighted by Crippen LogP contribution is 2.20. The Morgan fingerprint density at radius 3 is 2.56 bits per heavy atom. The first-order valence-corrected chi connectivity index (χ1v) is 9.32. The molecule has 3 aromatic rings. The van der Waals surface area contributed by atoms with Crippen molar-refractivity contribution in [2.75, 3.05) is 31.1 Å². The second-order valence-corrected chi connectivity index (χ2v) is 7.09. The average molecular weight is 387 g/mol. The minimum Gasteiger partial charge on any atom is -0.369 e. The Balaban J connectivity index is 1.30. The molecule has 4 rings (SSSR count). The summed E-state index contributed by atoms with van der Waals surface area (Å²) in [5.41, 5.74) is 2.02.